The van der Waals surface area contributed by atoms with Crippen molar-refractivity contribution in [1.29, 1.82) is 0 Å². The maximum Gasteiger partial charge on any atom is 0.141 e. The number of nitrogen functional groups attached to an aromatic ring is 1. The Morgan fingerprint density at radius 1 is 1.17 bits per heavy atom. The van der Waals surface area contributed by atoms with E-state index >= 15 is 0 Å². The Labute approximate surface area is 106 Å². The molecule has 3 nitrogen and oxygen atoms in total. The lowest BCUT2D eigenvalue weighted by Gasteiger charge is -2.09. The molecule has 1 aliphatic rings. The van der Waals surface area contributed by atoms with Gasteiger partial charge in [0.1, 0.15) is 6.29 Å². The zero-order valence-electron chi connectivity index (χ0n) is 9.89. The first-order valence-electron chi connectivity index (χ1n) is 5.96. The van der Waals surface area contributed by atoms with Crippen molar-refractivity contribution in [3.63, 3.8) is 0 Å². The highest BCUT2D eigenvalue weighted by molar-refractivity contribution is 5.74. The molecule has 0 spiro atoms. The molecule has 0 saturated carbocycles. The van der Waals surface area contributed by atoms with Gasteiger partial charge in [0.25, 0.3) is 0 Å². The zero-order valence-corrected chi connectivity index (χ0v) is 9.89. The number of carbonyl (C=O) groups excluding carboxylic acids is 1. The van der Waals surface area contributed by atoms with Crippen LogP contribution < -0.4 is 11.1 Å². The molecule has 1 heterocycles. The Balaban J connectivity index is 2.12. The minimum atomic E-state index is -0.172. The van der Waals surface area contributed by atoms with Gasteiger partial charge in [0.2, 0.25) is 0 Å². The number of rotatable bonds is 2. The average molecular weight is 238 g/mol. The molecule has 0 aliphatic carbocycles. The minimum Gasteiger partial charge on any atom is -0.399 e. The topological polar surface area (TPSA) is 55.1 Å². The van der Waals surface area contributed by atoms with Gasteiger partial charge in [-0.1, -0.05) is 30.3 Å². The smallest absolute Gasteiger partial charge is 0.141 e. The van der Waals surface area contributed by atoms with Crippen molar-refractivity contribution < 1.29 is 4.79 Å². The summed E-state index contributed by atoms with van der Waals surface area (Å²) in [7, 11) is 0. The van der Waals surface area contributed by atoms with E-state index in [2.05, 4.69) is 11.4 Å². The van der Waals surface area contributed by atoms with Gasteiger partial charge < -0.3 is 10.5 Å². The second-order valence-corrected chi connectivity index (χ2v) is 4.49. The van der Waals surface area contributed by atoms with Crippen molar-refractivity contribution in [2.45, 2.75) is 12.6 Å². The van der Waals surface area contributed by atoms with Gasteiger partial charge in [-0.2, -0.15) is 0 Å². The van der Waals surface area contributed by atoms with Crippen molar-refractivity contribution in [2.75, 3.05) is 5.73 Å². The third kappa shape index (κ3) is 1.69. The lowest BCUT2D eigenvalue weighted by molar-refractivity contribution is -0.109. The van der Waals surface area contributed by atoms with Crippen molar-refractivity contribution in [3.05, 3.63) is 53.6 Å². The summed E-state index contributed by atoms with van der Waals surface area (Å²) < 4.78 is 0. The summed E-state index contributed by atoms with van der Waals surface area (Å²) in [5, 5.41) is 3.20. The highest BCUT2D eigenvalue weighted by Crippen LogP contribution is 2.33. The van der Waals surface area contributed by atoms with Crippen LogP contribution in [0, 0.1) is 0 Å². The molecule has 0 saturated heterocycles. The van der Waals surface area contributed by atoms with Crippen LogP contribution in [0.15, 0.2) is 42.5 Å². The number of carbonyl (C=O) groups is 1. The molecule has 0 aromatic heterocycles. The summed E-state index contributed by atoms with van der Waals surface area (Å²) in [6, 6.07) is 13.7. The van der Waals surface area contributed by atoms with E-state index in [1.54, 1.807) is 0 Å². The molecular weight excluding hydrogens is 224 g/mol. The molecule has 0 amide bonds. The molecule has 1 unspecified atom stereocenters. The van der Waals surface area contributed by atoms with Gasteiger partial charge in [-0.3, -0.25) is 5.32 Å². The quantitative estimate of drug-likeness (QED) is 0.623. The zero-order chi connectivity index (χ0) is 12.5. The second kappa shape index (κ2) is 4.27. The number of hydrogen-bond donors (Lipinski definition) is 2. The van der Waals surface area contributed by atoms with Crippen LogP contribution in [0.4, 0.5) is 5.69 Å². The van der Waals surface area contributed by atoms with Crippen LogP contribution in [-0.4, -0.2) is 6.29 Å². The van der Waals surface area contributed by atoms with E-state index in [0.29, 0.717) is 0 Å². The normalized spacial score (nSPS) is 17.4. The SMILES string of the molecule is Nc1ccc(-c2cccc3c2CNC3C=O)cc1. The number of aldehydes is 1. The largest absolute Gasteiger partial charge is 0.399 e. The Morgan fingerprint density at radius 3 is 2.67 bits per heavy atom. The van der Waals surface area contributed by atoms with Crippen LogP contribution in [0.2, 0.25) is 0 Å². The molecule has 3 rings (SSSR count). The van der Waals surface area contributed by atoms with Crippen LogP contribution in [0.1, 0.15) is 17.2 Å². The number of nitrogens with one attached hydrogen (secondary N) is 1. The minimum absolute atomic E-state index is 0.172. The number of hydrogen-bond acceptors (Lipinski definition) is 3. The Morgan fingerprint density at radius 2 is 1.94 bits per heavy atom. The van der Waals surface area contributed by atoms with E-state index in [1.807, 2.05) is 36.4 Å². The van der Waals surface area contributed by atoms with Gasteiger partial charge >= 0.3 is 0 Å². The van der Waals surface area contributed by atoms with Crippen molar-refractivity contribution in [1.82, 2.24) is 5.32 Å². The van der Waals surface area contributed by atoms with Crippen LogP contribution in [0.3, 0.4) is 0 Å². The predicted octanol–water partition coefficient (Wildman–Crippen LogP) is 2.28. The van der Waals surface area contributed by atoms with Crippen molar-refractivity contribution >= 4 is 12.0 Å². The summed E-state index contributed by atoms with van der Waals surface area (Å²) in [4.78, 5) is 11.0. The average Bonchev–Trinajstić information content (AvgIpc) is 2.82. The fourth-order valence-electron chi connectivity index (χ4n) is 2.47. The number of anilines is 1. The molecule has 1 atom stereocenters. The van der Waals surface area contributed by atoms with Crippen molar-refractivity contribution in [2.24, 2.45) is 0 Å². The monoisotopic (exact) mass is 238 g/mol. The van der Waals surface area contributed by atoms with E-state index in [-0.39, 0.29) is 6.04 Å². The lowest BCUT2D eigenvalue weighted by Crippen LogP contribution is -2.12. The number of benzene rings is 2. The van der Waals surface area contributed by atoms with Gasteiger partial charge in [0.15, 0.2) is 0 Å². The lowest BCUT2D eigenvalue weighted by atomic mass is 9.95. The molecule has 90 valence electrons. The third-order valence-corrected chi connectivity index (χ3v) is 3.40. The summed E-state index contributed by atoms with van der Waals surface area (Å²) in [5.41, 5.74) is 11.1. The van der Waals surface area contributed by atoms with Gasteiger partial charge in [-0.25, -0.2) is 0 Å². The van der Waals surface area contributed by atoms with Crippen LogP contribution in [0.25, 0.3) is 11.1 Å². The number of fused-ring (bicyclic) bond motifs is 1. The third-order valence-electron chi connectivity index (χ3n) is 3.40. The van der Waals surface area contributed by atoms with Gasteiger partial charge in [0.05, 0.1) is 6.04 Å². The molecule has 1 aliphatic heterocycles. The molecule has 18 heavy (non-hydrogen) atoms. The summed E-state index contributed by atoms with van der Waals surface area (Å²) in [5.74, 6) is 0. The maximum absolute atomic E-state index is 11.0. The van der Waals surface area contributed by atoms with E-state index in [0.717, 1.165) is 29.6 Å². The van der Waals surface area contributed by atoms with Gasteiger partial charge in [0, 0.05) is 12.2 Å². The van der Waals surface area contributed by atoms with E-state index in [9.17, 15) is 4.79 Å². The molecule has 3 heteroatoms. The molecule has 3 N–H and O–H groups in total. The number of nitrogens with two attached hydrogens (primary N) is 1. The van der Waals surface area contributed by atoms with Crippen LogP contribution in [-0.2, 0) is 11.3 Å². The molecule has 0 bridgehead atoms. The molecular formula is C15H14N2O. The van der Waals surface area contributed by atoms with Crippen molar-refractivity contribution in [3.8, 4) is 11.1 Å². The highest BCUT2D eigenvalue weighted by Gasteiger charge is 2.23. The first-order valence-corrected chi connectivity index (χ1v) is 5.96. The second-order valence-electron chi connectivity index (χ2n) is 4.49. The Hall–Kier alpha value is -2.13. The van der Waals surface area contributed by atoms with E-state index < -0.39 is 0 Å². The summed E-state index contributed by atoms with van der Waals surface area (Å²) >= 11 is 0. The molecule has 2 aromatic carbocycles. The molecule has 2 aromatic rings. The molecule has 0 radical (unpaired) electrons. The fourth-order valence-corrected chi connectivity index (χ4v) is 2.47. The summed E-state index contributed by atoms with van der Waals surface area (Å²) in [6.07, 6.45) is 0.957. The Kier molecular flexibility index (Phi) is 2.61. The first-order chi connectivity index (χ1) is 8.79. The standard InChI is InChI=1S/C15H14N2O/c16-11-6-4-10(5-7-11)12-2-1-3-13-14(12)8-17-15(13)9-18/h1-7,9,15,17H,8,16H2. The highest BCUT2D eigenvalue weighted by atomic mass is 16.1. The van der Waals surface area contributed by atoms with E-state index in [1.165, 1.54) is 11.1 Å². The first kappa shape index (κ1) is 11.0. The summed E-state index contributed by atoms with van der Waals surface area (Å²) in [6.45, 7) is 0.735. The maximum atomic E-state index is 11.0. The fraction of sp³-hybridized carbons (Fsp3) is 0.133. The Bertz CT molecular complexity index is 590. The molecule has 0 fully saturated rings. The van der Waals surface area contributed by atoms with Crippen LogP contribution >= 0.6 is 0 Å². The van der Waals surface area contributed by atoms with Gasteiger partial charge in [-0.15, -0.1) is 0 Å². The predicted molar refractivity (Wildman–Crippen MR) is 71.9 cm³/mol. The van der Waals surface area contributed by atoms with Crippen LogP contribution in [0.5, 0.6) is 0 Å². The van der Waals surface area contributed by atoms with E-state index in [4.69, 9.17) is 5.73 Å². The van der Waals surface area contributed by atoms with Gasteiger partial charge in [-0.05, 0) is 34.4 Å².